The molecule has 0 unspecified atom stereocenters. The Morgan fingerprint density at radius 2 is 1.61 bits per heavy atom. The average Bonchev–Trinajstić information content (AvgIpc) is 2.25. The van der Waals surface area contributed by atoms with Gasteiger partial charge in [-0.05, 0) is 5.41 Å². The van der Waals surface area contributed by atoms with Crippen molar-refractivity contribution in [2.75, 3.05) is 26.2 Å². The van der Waals surface area contributed by atoms with Gasteiger partial charge in [-0.3, -0.25) is 4.79 Å². The van der Waals surface area contributed by atoms with Gasteiger partial charge in [0, 0.05) is 26.2 Å². The van der Waals surface area contributed by atoms with E-state index in [1.807, 2.05) is 20.8 Å². The van der Waals surface area contributed by atoms with Crippen LogP contribution in [0, 0.1) is 5.41 Å². The number of amides is 1. The molecule has 8 heteroatoms. The number of rotatable bonds is 2. The van der Waals surface area contributed by atoms with Crippen molar-refractivity contribution in [1.82, 2.24) is 9.21 Å². The van der Waals surface area contributed by atoms with E-state index in [-0.39, 0.29) is 24.4 Å². The minimum absolute atomic E-state index is 0.142. The third kappa shape index (κ3) is 3.64. The standard InChI is InChI=1S/C10H22N4O3S/c1-10(2,3)8(11)9(15)13-4-6-14(7-5-13)18(12,16)17/h8H,4-7,11H2,1-3H3,(H2,12,16,17)/t8-/m0/s1. The molecule has 1 heterocycles. The molecule has 4 N–H and O–H groups in total. The Labute approximate surface area is 108 Å². The first-order valence-electron chi connectivity index (χ1n) is 5.85. The zero-order chi connectivity index (χ0) is 14.1. The number of nitrogens with zero attached hydrogens (tertiary/aromatic N) is 2. The second kappa shape index (κ2) is 5.12. The molecule has 0 aliphatic carbocycles. The molecule has 0 aromatic heterocycles. The fraction of sp³-hybridized carbons (Fsp3) is 0.900. The van der Waals surface area contributed by atoms with Crippen LogP contribution in [0.3, 0.4) is 0 Å². The van der Waals surface area contributed by atoms with Gasteiger partial charge in [0.1, 0.15) is 0 Å². The average molecular weight is 278 g/mol. The van der Waals surface area contributed by atoms with E-state index in [0.717, 1.165) is 0 Å². The van der Waals surface area contributed by atoms with Crippen LogP contribution in [0.1, 0.15) is 20.8 Å². The van der Waals surface area contributed by atoms with Crippen LogP contribution in [0.15, 0.2) is 0 Å². The summed E-state index contributed by atoms with van der Waals surface area (Å²) in [5.41, 5.74) is 5.59. The van der Waals surface area contributed by atoms with Crippen molar-refractivity contribution >= 4 is 16.1 Å². The Balaban J connectivity index is 2.61. The Kier molecular flexibility index (Phi) is 4.37. The van der Waals surface area contributed by atoms with Crippen LogP contribution >= 0.6 is 0 Å². The molecule has 0 saturated carbocycles. The SMILES string of the molecule is CC(C)(C)[C@@H](N)C(=O)N1CCN(S(N)(=O)=O)CC1. The van der Waals surface area contributed by atoms with Crippen LogP contribution < -0.4 is 10.9 Å². The van der Waals surface area contributed by atoms with Crippen LogP contribution in [0.2, 0.25) is 0 Å². The van der Waals surface area contributed by atoms with Gasteiger partial charge in [0.2, 0.25) is 5.91 Å². The number of carbonyl (C=O) groups excluding carboxylic acids is 1. The van der Waals surface area contributed by atoms with E-state index in [4.69, 9.17) is 10.9 Å². The lowest BCUT2D eigenvalue weighted by molar-refractivity contribution is -0.136. The van der Waals surface area contributed by atoms with Gasteiger partial charge in [-0.1, -0.05) is 20.8 Å². The highest BCUT2D eigenvalue weighted by Gasteiger charge is 2.33. The third-order valence-electron chi connectivity index (χ3n) is 3.11. The second-order valence-electron chi connectivity index (χ2n) is 5.61. The van der Waals surface area contributed by atoms with Crippen LogP contribution in [0.4, 0.5) is 0 Å². The molecule has 1 rings (SSSR count). The summed E-state index contributed by atoms with van der Waals surface area (Å²) < 4.78 is 23.4. The largest absolute Gasteiger partial charge is 0.339 e. The molecule has 1 saturated heterocycles. The van der Waals surface area contributed by atoms with Gasteiger partial charge < -0.3 is 10.6 Å². The number of piperazine rings is 1. The first-order valence-corrected chi connectivity index (χ1v) is 7.36. The Hall–Kier alpha value is -0.700. The normalized spacial score (nSPS) is 20.8. The summed E-state index contributed by atoms with van der Waals surface area (Å²) in [5.74, 6) is -0.142. The number of hydrogen-bond donors (Lipinski definition) is 2. The number of carbonyl (C=O) groups is 1. The lowest BCUT2D eigenvalue weighted by atomic mass is 9.86. The predicted molar refractivity (Wildman–Crippen MR) is 68.7 cm³/mol. The van der Waals surface area contributed by atoms with E-state index in [1.165, 1.54) is 4.31 Å². The van der Waals surface area contributed by atoms with Crippen LogP contribution in [0.5, 0.6) is 0 Å². The van der Waals surface area contributed by atoms with Crippen LogP contribution in [0.25, 0.3) is 0 Å². The van der Waals surface area contributed by atoms with Crippen molar-refractivity contribution < 1.29 is 13.2 Å². The van der Waals surface area contributed by atoms with Gasteiger partial charge in [0.05, 0.1) is 6.04 Å². The third-order valence-corrected chi connectivity index (χ3v) is 4.19. The summed E-state index contributed by atoms with van der Waals surface area (Å²) in [5, 5.41) is 5.03. The van der Waals surface area contributed by atoms with Gasteiger partial charge in [-0.25, -0.2) is 5.14 Å². The molecule has 7 nitrogen and oxygen atoms in total. The molecule has 1 fully saturated rings. The summed E-state index contributed by atoms with van der Waals surface area (Å²) in [6.07, 6.45) is 0. The summed E-state index contributed by atoms with van der Waals surface area (Å²) in [6, 6.07) is -0.585. The molecule has 0 bridgehead atoms. The van der Waals surface area contributed by atoms with Crippen molar-refractivity contribution in [3.63, 3.8) is 0 Å². The van der Waals surface area contributed by atoms with E-state index in [2.05, 4.69) is 0 Å². The molecule has 0 spiro atoms. The molecule has 0 aromatic carbocycles. The van der Waals surface area contributed by atoms with E-state index in [0.29, 0.717) is 13.1 Å². The molecule has 0 aromatic rings. The molecular formula is C10H22N4O3S. The second-order valence-corrected chi connectivity index (χ2v) is 7.16. The lowest BCUT2D eigenvalue weighted by Crippen LogP contribution is -2.57. The molecule has 18 heavy (non-hydrogen) atoms. The maximum absolute atomic E-state index is 12.1. The first-order chi connectivity index (χ1) is 8.03. The summed E-state index contributed by atoms with van der Waals surface area (Å²) in [4.78, 5) is 13.7. The van der Waals surface area contributed by atoms with Gasteiger partial charge >= 0.3 is 0 Å². The lowest BCUT2D eigenvalue weighted by Gasteiger charge is -2.37. The fourth-order valence-corrected chi connectivity index (χ4v) is 2.40. The van der Waals surface area contributed by atoms with Crippen molar-refractivity contribution in [1.29, 1.82) is 0 Å². The molecule has 0 radical (unpaired) electrons. The van der Waals surface area contributed by atoms with Gasteiger partial charge in [0.15, 0.2) is 0 Å². The van der Waals surface area contributed by atoms with E-state index < -0.39 is 16.3 Å². The molecule has 106 valence electrons. The quantitative estimate of drug-likeness (QED) is 0.654. The molecule has 1 atom stereocenters. The highest BCUT2D eigenvalue weighted by Crippen LogP contribution is 2.19. The Bertz CT molecular complexity index is 407. The highest BCUT2D eigenvalue weighted by molar-refractivity contribution is 7.86. The van der Waals surface area contributed by atoms with E-state index in [1.54, 1.807) is 4.90 Å². The highest BCUT2D eigenvalue weighted by atomic mass is 32.2. The minimum Gasteiger partial charge on any atom is -0.339 e. The maximum Gasteiger partial charge on any atom is 0.277 e. The van der Waals surface area contributed by atoms with Crippen molar-refractivity contribution in [2.24, 2.45) is 16.3 Å². The van der Waals surface area contributed by atoms with Crippen molar-refractivity contribution in [3.8, 4) is 0 Å². The molecule has 1 aliphatic heterocycles. The zero-order valence-corrected chi connectivity index (χ0v) is 11.9. The topological polar surface area (TPSA) is 110 Å². The molecule has 1 amide bonds. The van der Waals surface area contributed by atoms with Gasteiger partial charge in [0.25, 0.3) is 10.2 Å². The smallest absolute Gasteiger partial charge is 0.277 e. The number of nitrogens with two attached hydrogens (primary N) is 2. The predicted octanol–water partition coefficient (Wildman–Crippen LogP) is -1.29. The van der Waals surface area contributed by atoms with Crippen LogP contribution in [-0.4, -0.2) is 55.8 Å². The van der Waals surface area contributed by atoms with E-state index >= 15 is 0 Å². The minimum atomic E-state index is -3.66. The Morgan fingerprint density at radius 1 is 1.17 bits per heavy atom. The fourth-order valence-electron chi connectivity index (χ4n) is 1.73. The van der Waals surface area contributed by atoms with Gasteiger partial charge in [-0.15, -0.1) is 0 Å². The zero-order valence-electron chi connectivity index (χ0n) is 11.1. The van der Waals surface area contributed by atoms with Crippen molar-refractivity contribution in [3.05, 3.63) is 0 Å². The summed E-state index contributed by atoms with van der Waals surface area (Å²) in [7, 11) is -3.66. The van der Waals surface area contributed by atoms with Crippen LogP contribution in [-0.2, 0) is 15.0 Å². The molecular weight excluding hydrogens is 256 g/mol. The van der Waals surface area contributed by atoms with Gasteiger partial charge in [-0.2, -0.15) is 12.7 Å². The Morgan fingerprint density at radius 3 is 1.94 bits per heavy atom. The maximum atomic E-state index is 12.1. The van der Waals surface area contributed by atoms with Crippen molar-refractivity contribution in [2.45, 2.75) is 26.8 Å². The summed E-state index contributed by atoms with van der Waals surface area (Å²) >= 11 is 0. The summed E-state index contributed by atoms with van der Waals surface area (Å²) in [6.45, 7) is 6.81. The first kappa shape index (κ1) is 15.4. The molecule has 1 aliphatic rings. The van der Waals surface area contributed by atoms with E-state index in [9.17, 15) is 13.2 Å². The monoisotopic (exact) mass is 278 g/mol. The number of hydrogen-bond acceptors (Lipinski definition) is 4.